The molecule has 0 unspecified atom stereocenters. The third-order valence-electron chi connectivity index (χ3n) is 8.94. The molecule has 0 heterocycles. The molecule has 0 bridgehead atoms. The predicted octanol–water partition coefficient (Wildman–Crippen LogP) is 4.27. The van der Waals surface area contributed by atoms with Gasteiger partial charge in [0.05, 0.1) is 13.2 Å². The van der Waals surface area contributed by atoms with E-state index in [4.69, 9.17) is 15.2 Å². The number of nitrogens with two attached hydrogens (primary N) is 1. The number of unbranched alkanes of at least 4 members (excludes halogenated alkanes) is 3. The Hall–Kier alpha value is -1.91. The van der Waals surface area contributed by atoms with Gasteiger partial charge in [-0.05, 0) is 109 Å². The van der Waals surface area contributed by atoms with Crippen molar-refractivity contribution in [2.45, 2.75) is 135 Å². The van der Waals surface area contributed by atoms with E-state index in [2.05, 4.69) is 17.6 Å². The number of rotatable bonds is 19. The molecule has 0 spiro atoms. The lowest BCUT2D eigenvalue weighted by Crippen LogP contribution is -2.49. The second-order valence-electron chi connectivity index (χ2n) is 12.8. The van der Waals surface area contributed by atoms with E-state index < -0.39 is 11.7 Å². The number of alkyl carbamates (subject to hydrolysis) is 1. The van der Waals surface area contributed by atoms with E-state index in [-0.39, 0.29) is 50.2 Å². The molecule has 2 aliphatic carbocycles. The van der Waals surface area contributed by atoms with Crippen molar-refractivity contribution < 1.29 is 29.0 Å². The molecule has 10 heteroatoms. The Morgan fingerprint density at radius 3 is 2.05 bits per heavy atom. The number of carbonyl (C=O) groups excluding carboxylic acids is 3. The summed E-state index contributed by atoms with van der Waals surface area (Å²) < 4.78 is 11.2. The smallest absolute Gasteiger partial charge is 0.407 e. The first-order chi connectivity index (χ1) is 20.2. The van der Waals surface area contributed by atoms with Crippen LogP contribution in [0.5, 0.6) is 0 Å². The quantitative estimate of drug-likeness (QED) is 0.163. The SMILES string of the molecule is CCCCOC(C)(C)C(=O)NC1CCC(CC2CCC(NC(=O)OCCN(CCO)C(=O)CCCCCN)CC2)CC1. The zero-order valence-electron chi connectivity index (χ0n) is 26.7. The highest BCUT2D eigenvalue weighted by molar-refractivity contribution is 5.84. The second kappa shape index (κ2) is 20.1. The molecule has 3 amide bonds. The molecule has 0 saturated heterocycles. The molecular weight excluding hydrogens is 536 g/mol. The van der Waals surface area contributed by atoms with E-state index in [1.54, 1.807) is 4.90 Å². The topological polar surface area (TPSA) is 143 Å². The second-order valence-corrected chi connectivity index (χ2v) is 12.8. The van der Waals surface area contributed by atoms with E-state index in [1.807, 2.05) is 13.8 Å². The van der Waals surface area contributed by atoms with Gasteiger partial charge in [-0.2, -0.15) is 0 Å². The Morgan fingerprint density at radius 1 is 0.857 bits per heavy atom. The first-order valence-electron chi connectivity index (χ1n) is 16.6. The summed E-state index contributed by atoms with van der Waals surface area (Å²) in [4.78, 5) is 39.1. The van der Waals surface area contributed by atoms with Gasteiger partial charge in [0, 0.05) is 31.7 Å². The lowest BCUT2D eigenvalue weighted by atomic mass is 9.75. The lowest BCUT2D eigenvalue weighted by Gasteiger charge is -2.35. The van der Waals surface area contributed by atoms with Crippen LogP contribution in [0.1, 0.15) is 117 Å². The highest BCUT2D eigenvalue weighted by Gasteiger charge is 2.32. The Bertz CT molecular complexity index is 779. The molecule has 0 aromatic heterocycles. The lowest BCUT2D eigenvalue weighted by molar-refractivity contribution is -0.144. The van der Waals surface area contributed by atoms with Crippen LogP contribution in [0.15, 0.2) is 0 Å². The first kappa shape index (κ1) is 36.3. The van der Waals surface area contributed by atoms with Crippen LogP contribution in [0.4, 0.5) is 4.79 Å². The maximum Gasteiger partial charge on any atom is 0.407 e. The number of carbonyl (C=O) groups is 3. The monoisotopic (exact) mass is 596 g/mol. The van der Waals surface area contributed by atoms with Gasteiger partial charge < -0.3 is 35.8 Å². The summed E-state index contributed by atoms with van der Waals surface area (Å²) >= 11 is 0. The highest BCUT2D eigenvalue weighted by atomic mass is 16.5. The van der Waals surface area contributed by atoms with Crippen LogP contribution in [0.2, 0.25) is 0 Å². The summed E-state index contributed by atoms with van der Waals surface area (Å²) in [6.07, 6.45) is 14.3. The molecule has 0 aromatic rings. The van der Waals surface area contributed by atoms with E-state index in [9.17, 15) is 19.5 Å². The van der Waals surface area contributed by atoms with E-state index in [0.717, 1.165) is 83.5 Å². The van der Waals surface area contributed by atoms with Crippen molar-refractivity contribution in [3.8, 4) is 0 Å². The van der Waals surface area contributed by atoms with Gasteiger partial charge in [0.25, 0.3) is 5.91 Å². The van der Waals surface area contributed by atoms with Gasteiger partial charge in [-0.1, -0.05) is 19.8 Å². The number of nitrogens with zero attached hydrogens (tertiary/aromatic N) is 1. The Balaban J connectivity index is 1.59. The number of amides is 3. The summed E-state index contributed by atoms with van der Waals surface area (Å²) in [5.74, 6) is 1.36. The van der Waals surface area contributed by atoms with Gasteiger partial charge in [-0.3, -0.25) is 9.59 Å². The molecule has 10 nitrogen and oxygen atoms in total. The Kier molecular flexibility index (Phi) is 17.4. The molecule has 42 heavy (non-hydrogen) atoms. The predicted molar refractivity (Wildman–Crippen MR) is 165 cm³/mol. The van der Waals surface area contributed by atoms with Crippen LogP contribution in [-0.2, 0) is 19.1 Å². The average molecular weight is 597 g/mol. The maximum absolute atomic E-state index is 12.7. The van der Waals surface area contributed by atoms with Crippen molar-refractivity contribution in [2.24, 2.45) is 17.6 Å². The fourth-order valence-electron chi connectivity index (χ4n) is 6.15. The zero-order chi connectivity index (χ0) is 30.8. The molecular formula is C32H60N4O6. The molecule has 2 saturated carbocycles. The van der Waals surface area contributed by atoms with Gasteiger partial charge >= 0.3 is 6.09 Å². The van der Waals surface area contributed by atoms with Crippen LogP contribution in [0.25, 0.3) is 0 Å². The third kappa shape index (κ3) is 14.0. The largest absolute Gasteiger partial charge is 0.448 e. The standard InChI is InChI=1S/C32H60N4O6/c1-4-5-22-42-32(2,3)30(39)34-27-14-10-25(11-15-27)24-26-12-16-28(17-13-26)35-31(40)41-23-20-36(19-21-37)29(38)9-7-6-8-18-33/h25-28,37H,4-24,33H2,1-3H3,(H,34,39)(H,35,40). The van der Waals surface area contributed by atoms with Crippen molar-refractivity contribution in [1.29, 1.82) is 0 Å². The Morgan fingerprint density at radius 2 is 1.48 bits per heavy atom. The third-order valence-corrected chi connectivity index (χ3v) is 8.94. The van der Waals surface area contributed by atoms with Gasteiger partial charge in [-0.15, -0.1) is 0 Å². The summed E-state index contributed by atoms with van der Waals surface area (Å²) in [5.41, 5.74) is 4.72. The maximum atomic E-state index is 12.7. The minimum Gasteiger partial charge on any atom is -0.448 e. The van der Waals surface area contributed by atoms with Crippen LogP contribution in [-0.4, -0.2) is 85.1 Å². The Labute approximate surface area is 254 Å². The molecule has 5 N–H and O–H groups in total. The van der Waals surface area contributed by atoms with E-state index in [0.29, 0.717) is 31.4 Å². The molecule has 2 rings (SSSR count). The number of hydrogen-bond donors (Lipinski definition) is 4. The summed E-state index contributed by atoms with van der Waals surface area (Å²) in [6, 6.07) is 0.365. The van der Waals surface area contributed by atoms with Gasteiger partial charge in [-0.25, -0.2) is 4.79 Å². The minimum absolute atomic E-state index is 0.00330. The number of aliphatic hydroxyl groups is 1. The van der Waals surface area contributed by atoms with E-state index >= 15 is 0 Å². The molecule has 0 atom stereocenters. The van der Waals surface area contributed by atoms with Gasteiger partial charge in [0.2, 0.25) is 5.91 Å². The fourth-order valence-corrected chi connectivity index (χ4v) is 6.15. The number of ether oxygens (including phenoxy) is 2. The minimum atomic E-state index is -0.783. The summed E-state index contributed by atoms with van der Waals surface area (Å²) in [6.45, 7) is 7.60. The van der Waals surface area contributed by atoms with Crippen molar-refractivity contribution in [2.75, 3.05) is 39.5 Å². The zero-order valence-corrected chi connectivity index (χ0v) is 26.7. The van der Waals surface area contributed by atoms with Gasteiger partial charge in [0.1, 0.15) is 12.2 Å². The molecule has 2 fully saturated rings. The number of hydrogen-bond acceptors (Lipinski definition) is 7. The van der Waals surface area contributed by atoms with Crippen LogP contribution in [0, 0.1) is 11.8 Å². The normalized spacial score (nSPS) is 22.8. The van der Waals surface area contributed by atoms with Crippen molar-refractivity contribution in [3.05, 3.63) is 0 Å². The fraction of sp³-hybridized carbons (Fsp3) is 0.906. The van der Waals surface area contributed by atoms with Gasteiger partial charge in [0.15, 0.2) is 0 Å². The summed E-state index contributed by atoms with van der Waals surface area (Å²) in [7, 11) is 0. The van der Waals surface area contributed by atoms with Crippen molar-refractivity contribution >= 4 is 17.9 Å². The summed E-state index contributed by atoms with van der Waals surface area (Å²) in [5, 5.41) is 15.5. The van der Waals surface area contributed by atoms with Crippen molar-refractivity contribution in [1.82, 2.24) is 15.5 Å². The first-order valence-corrected chi connectivity index (χ1v) is 16.6. The van der Waals surface area contributed by atoms with Crippen LogP contribution < -0.4 is 16.4 Å². The molecule has 2 aliphatic rings. The van der Waals surface area contributed by atoms with E-state index in [1.165, 1.54) is 6.42 Å². The molecule has 244 valence electrons. The average Bonchev–Trinajstić information content (AvgIpc) is 2.97. The van der Waals surface area contributed by atoms with Crippen LogP contribution >= 0.6 is 0 Å². The van der Waals surface area contributed by atoms with Crippen molar-refractivity contribution in [3.63, 3.8) is 0 Å². The molecule has 0 radical (unpaired) electrons. The molecule has 0 aromatic carbocycles. The number of nitrogens with one attached hydrogen (secondary N) is 2. The number of aliphatic hydroxyl groups excluding tert-OH is 1. The highest BCUT2D eigenvalue weighted by Crippen LogP contribution is 2.35. The van der Waals surface area contributed by atoms with Crippen LogP contribution in [0.3, 0.4) is 0 Å². The molecule has 0 aliphatic heterocycles.